The molecule has 104 valence electrons. The van der Waals surface area contributed by atoms with E-state index in [4.69, 9.17) is 4.74 Å². The number of aromatic nitrogens is 4. The molecule has 1 aromatic carbocycles. The normalized spacial score (nSPS) is 13.1. The van der Waals surface area contributed by atoms with E-state index in [9.17, 15) is 5.11 Å². The first-order valence-electron chi connectivity index (χ1n) is 6.18. The largest absolute Gasteiger partial charge is 0.390 e. The molecule has 20 heavy (non-hydrogen) atoms. The summed E-state index contributed by atoms with van der Waals surface area (Å²) >= 11 is 1.40. The highest BCUT2D eigenvalue weighted by molar-refractivity contribution is 7.99. The van der Waals surface area contributed by atoms with Crippen LogP contribution in [0.25, 0.3) is 16.6 Å². The van der Waals surface area contributed by atoms with Gasteiger partial charge in [0.2, 0.25) is 5.16 Å². The van der Waals surface area contributed by atoms with Gasteiger partial charge in [0.1, 0.15) is 6.33 Å². The Balaban J connectivity index is 1.89. The predicted octanol–water partition coefficient (Wildman–Crippen LogP) is 1.38. The Morgan fingerprint density at radius 3 is 3.10 bits per heavy atom. The van der Waals surface area contributed by atoms with Crippen molar-refractivity contribution in [3.8, 4) is 0 Å². The maximum atomic E-state index is 9.64. The van der Waals surface area contributed by atoms with Gasteiger partial charge in [0.25, 0.3) is 0 Å². The number of thioether (sulfide) groups is 1. The molecule has 0 spiro atoms. The van der Waals surface area contributed by atoms with E-state index in [-0.39, 0.29) is 0 Å². The highest BCUT2D eigenvalue weighted by Crippen LogP contribution is 2.20. The molecule has 0 saturated heterocycles. The summed E-state index contributed by atoms with van der Waals surface area (Å²) in [5.41, 5.74) is 1.67. The average Bonchev–Trinajstić information content (AvgIpc) is 2.89. The quantitative estimate of drug-likeness (QED) is 0.716. The molecule has 2 aromatic heterocycles. The minimum atomic E-state index is -0.522. The Kier molecular flexibility index (Phi) is 3.81. The molecule has 0 radical (unpaired) electrons. The smallest absolute Gasteiger partial charge is 0.209 e. The molecule has 0 bridgehead atoms. The van der Waals surface area contributed by atoms with Crippen molar-refractivity contribution < 1.29 is 9.84 Å². The molecule has 0 fully saturated rings. The molecule has 0 aliphatic carbocycles. The van der Waals surface area contributed by atoms with Crippen LogP contribution in [0.15, 0.2) is 35.7 Å². The zero-order chi connectivity index (χ0) is 13.9. The number of methoxy groups -OCH3 is 1. The van der Waals surface area contributed by atoms with Crippen molar-refractivity contribution in [2.45, 2.75) is 11.3 Å². The number of rotatable bonds is 5. The van der Waals surface area contributed by atoms with Crippen LogP contribution in [0.2, 0.25) is 0 Å². The van der Waals surface area contributed by atoms with Crippen molar-refractivity contribution in [2.24, 2.45) is 0 Å². The second kappa shape index (κ2) is 5.74. The van der Waals surface area contributed by atoms with E-state index in [2.05, 4.69) is 15.1 Å². The Hall–Kier alpha value is -1.70. The Labute approximate surface area is 119 Å². The molecule has 7 heteroatoms. The highest BCUT2D eigenvalue weighted by atomic mass is 32.2. The third kappa shape index (κ3) is 2.60. The first-order valence-corrected chi connectivity index (χ1v) is 7.16. The van der Waals surface area contributed by atoms with Crippen LogP contribution in [0.3, 0.4) is 0 Å². The second-order valence-corrected chi connectivity index (χ2v) is 5.33. The van der Waals surface area contributed by atoms with Crippen LogP contribution in [0.5, 0.6) is 0 Å². The van der Waals surface area contributed by atoms with E-state index in [1.54, 1.807) is 18.0 Å². The van der Waals surface area contributed by atoms with Gasteiger partial charge in [-0.3, -0.25) is 0 Å². The zero-order valence-corrected chi connectivity index (χ0v) is 11.7. The van der Waals surface area contributed by atoms with Crippen molar-refractivity contribution in [3.05, 3.63) is 30.6 Å². The third-order valence-corrected chi connectivity index (χ3v) is 3.81. The van der Waals surface area contributed by atoms with Gasteiger partial charge in [0, 0.05) is 18.2 Å². The standard InChI is InChI=1S/C13H14N4O2S/c1-19-6-9(18)7-20-13-15-12-10-4-2-3-5-11(10)14-8-17(12)16-13/h2-5,8-9,18H,6-7H2,1H3. The summed E-state index contributed by atoms with van der Waals surface area (Å²) < 4.78 is 6.55. The van der Waals surface area contributed by atoms with Gasteiger partial charge in [-0.25, -0.2) is 14.5 Å². The Bertz CT molecular complexity index is 731. The molecule has 3 rings (SSSR count). The fourth-order valence-electron chi connectivity index (χ4n) is 1.93. The summed E-state index contributed by atoms with van der Waals surface area (Å²) in [4.78, 5) is 8.83. The highest BCUT2D eigenvalue weighted by Gasteiger charge is 2.10. The molecule has 1 atom stereocenters. The fraction of sp³-hybridized carbons (Fsp3) is 0.308. The maximum absolute atomic E-state index is 9.64. The van der Waals surface area contributed by atoms with Crippen molar-refractivity contribution in [1.82, 2.24) is 19.6 Å². The van der Waals surface area contributed by atoms with Crippen LogP contribution in [0.1, 0.15) is 0 Å². The van der Waals surface area contributed by atoms with E-state index in [1.807, 2.05) is 24.3 Å². The van der Waals surface area contributed by atoms with Crippen LogP contribution < -0.4 is 0 Å². The van der Waals surface area contributed by atoms with Gasteiger partial charge in [0.05, 0.1) is 18.2 Å². The first kappa shape index (κ1) is 13.3. The van der Waals surface area contributed by atoms with Crippen LogP contribution in [-0.4, -0.2) is 50.3 Å². The van der Waals surface area contributed by atoms with E-state index < -0.39 is 6.10 Å². The third-order valence-electron chi connectivity index (χ3n) is 2.83. The minimum Gasteiger partial charge on any atom is -0.390 e. The molecular weight excluding hydrogens is 276 g/mol. The summed E-state index contributed by atoms with van der Waals surface area (Å²) in [5.74, 6) is 0.496. The molecule has 0 saturated carbocycles. The molecule has 1 N–H and O–H groups in total. The summed E-state index contributed by atoms with van der Waals surface area (Å²) in [6, 6.07) is 7.81. The molecule has 3 aromatic rings. The molecule has 0 aliphatic rings. The SMILES string of the molecule is COCC(O)CSc1nc2c3ccccc3ncn2n1. The van der Waals surface area contributed by atoms with Gasteiger partial charge in [0.15, 0.2) is 5.65 Å². The van der Waals surface area contributed by atoms with Gasteiger partial charge in [-0.05, 0) is 12.1 Å². The lowest BCUT2D eigenvalue weighted by Crippen LogP contribution is -2.16. The number of aliphatic hydroxyl groups is 1. The number of aliphatic hydroxyl groups excluding tert-OH is 1. The van der Waals surface area contributed by atoms with Crippen molar-refractivity contribution >= 4 is 28.3 Å². The second-order valence-electron chi connectivity index (χ2n) is 4.34. The van der Waals surface area contributed by atoms with Crippen molar-refractivity contribution in [2.75, 3.05) is 19.5 Å². The van der Waals surface area contributed by atoms with Crippen LogP contribution >= 0.6 is 11.8 Å². The lowest BCUT2D eigenvalue weighted by molar-refractivity contribution is 0.0794. The van der Waals surface area contributed by atoms with E-state index >= 15 is 0 Å². The van der Waals surface area contributed by atoms with Gasteiger partial charge in [-0.1, -0.05) is 23.9 Å². The minimum absolute atomic E-state index is 0.310. The molecule has 6 nitrogen and oxygen atoms in total. The van der Waals surface area contributed by atoms with Crippen molar-refractivity contribution in [3.63, 3.8) is 0 Å². The fourth-order valence-corrected chi connectivity index (χ4v) is 2.67. The number of benzene rings is 1. The lowest BCUT2D eigenvalue weighted by Gasteiger charge is -2.05. The summed E-state index contributed by atoms with van der Waals surface area (Å²) in [5, 5.41) is 15.6. The lowest BCUT2D eigenvalue weighted by atomic mass is 10.2. The summed E-state index contributed by atoms with van der Waals surface area (Å²) in [7, 11) is 1.56. The molecule has 0 aliphatic heterocycles. The van der Waals surface area contributed by atoms with Crippen LogP contribution in [0.4, 0.5) is 0 Å². The number of hydrogen-bond donors (Lipinski definition) is 1. The molecule has 2 heterocycles. The number of hydrogen-bond acceptors (Lipinski definition) is 6. The van der Waals surface area contributed by atoms with Crippen LogP contribution in [0, 0.1) is 0 Å². The van der Waals surface area contributed by atoms with E-state index in [1.165, 1.54) is 11.8 Å². The molecule has 1 unspecified atom stereocenters. The zero-order valence-electron chi connectivity index (χ0n) is 10.9. The topological polar surface area (TPSA) is 72.5 Å². The van der Waals surface area contributed by atoms with Gasteiger partial charge < -0.3 is 9.84 Å². The molecular formula is C13H14N4O2S. The predicted molar refractivity (Wildman–Crippen MR) is 76.9 cm³/mol. The van der Waals surface area contributed by atoms with Gasteiger partial charge in [-0.2, -0.15) is 0 Å². The van der Waals surface area contributed by atoms with E-state index in [0.717, 1.165) is 16.6 Å². The van der Waals surface area contributed by atoms with E-state index in [0.29, 0.717) is 17.5 Å². The Morgan fingerprint density at radius 1 is 1.40 bits per heavy atom. The Morgan fingerprint density at radius 2 is 2.25 bits per heavy atom. The number of ether oxygens (including phenoxy) is 1. The van der Waals surface area contributed by atoms with Crippen LogP contribution in [-0.2, 0) is 4.74 Å². The number of nitrogens with zero attached hydrogens (tertiary/aromatic N) is 4. The van der Waals surface area contributed by atoms with Gasteiger partial charge >= 0.3 is 0 Å². The average molecular weight is 290 g/mol. The molecule has 0 amide bonds. The first-order chi connectivity index (χ1) is 9.78. The monoisotopic (exact) mass is 290 g/mol. The number of para-hydroxylation sites is 1. The maximum Gasteiger partial charge on any atom is 0.209 e. The van der Waals surface area contributed by atoms with Gasteiger partial charge in [-0.15, -0.1) is 5.10 Å². The van der Waals surface area contributed by atoms with Crippen molar-refractivity contribution in [1.29, 1.82) is 0 Å². The summed E-state index contributed by atoms with van der Waals surface area (Å²) in [6.07, 6.45) is 1.13. The summed E-state index contributed by atoms with van der Waals surface area (Å²) in [6.45, 7) is 0.310. The number of fused-ring (bicyclic) bond motifs is 3.